The third-order valence-electron chi connectivity index (χ3n) is 2.16. The van der Waals surface area contributed by atoms with Crippen LogP contribution < -0.4 is 0 Å². The molecule has 1 aromatic heterocycles. The Balaban J connectivity index is 2.49. The molecule has 3 nitrogen and oxygen atoms in total. The van der Waals surface area contributed by atoms with E-state index in [-0.39, 0.29) is 5.75 Å². The molecule has 0 aliphatic carbocycles. The molecule has 0 amide bonds. The summed E-state index contributed by atoms with van der Waals surface area (Å²) in [5.74, 6) is 0.264. The van der Waals surface area contributed by atoms with E-state index in [1.807, 2.05) is 22.9 Å². The van der Waals surface area contributed by atoms with E-state index in [1.165, 1.54) is 0 Å². The Morgan fingerprint density at radius 1 is 1.36 bits per heavy atom. The smallest absolute Gasteiger partial charge is 0.117 e. The first-order chi connectivity index (χ1) is 6.81. The second-order valence-electron chi connectivity index (χ2n) is 3.11. The van der Waals surface area contributed by atoms with Crippen molar-refractivity contribution in [1.29, 1.82) is 0 Å². The van der Waals surface area contributed by atoms with Crippen LogP contribution in [0.15, 0.2) is 36.5 Å². The summed E-state index contributed by atoms with van der Waals surface area (Å²) >= 11 is 0. The largest absolute Gasteiger partial charge is 0.508 e. The number of hydrogen-bond donors (Lipinski definition) is 1. The fourth-order valence-corrected chi connectivity index (χ4v) is 1.46. The van der Waals surface area contributed by atoms with Crippen LogP contribution in [0.25, 0.3) is 5.69 Å². The zero-order valence-corrected chi connectivity index (χ0v) is 8.01. The maximum atomic E-state index is 9.33. The van der Waals surface area contributed by atoms with Crippen LogP contribution in [0.4, 0.5) is 0 Å². The number of phenols is 1. The normalized spacial score (nSPS) is 10.4. The fourth-order valence-electron chi connectivity index (χ4n) is 1.46. The maximum Gasteiger partial charge on any atom is 0.117 e. The zero-order valence-electron chi connectivity index (χ0n) is 8.01. The maximum absolute atomic E-state index is 9.33. The van der Waals surface area contributed by atoms with Gasteiger partial charge in [0.1, 0.15) is 5.75 Å². The first kappa shape index (κ1) is 8.81. The summed E-state index contributed by atoms with van der Waals surface area (Å²) in [6.45, 7) is 2.08. The molecule has 0 unspecified atom stereocenters. The summed E-state index contributed by atoms with van der Waals surface area (Å²) in [6, 6.07) is 9.06. The molecule has 2 rings (SSSR count). The lowest BCUT2D eigenvalue weighted by molar-refractivity contribution is 0.474. The van der Waals surface area contributed by atoms with Gasteiger partial charge in [-0.15, -0.1) is 0 Å². The van der Waals surface area contributed by atoms with Gasteiger partial charge in [0.05, 0.1) is 5.69 Å². The lowest BCUT2D eigenvalue weighted by Gasteiger charge is -2.05. The quantitative estimate of drug-likeness (QED) is 0.784. The van der Waals surface area contributed by atoms with Crippen molar-refractivity contribution in [3.8, 4) is 11.4 Å². The van der Waals surface area contributed by atoms with Gasteiger partial charge in [-0.3, -0.25) is 0 Å². The first-order valence-electron chi connectivity index (χ1n) is 4.63. The van der Waals surface area contributed by atoms with Crippen molar-refractivity contribution >= 4 is 0 Å². The molecule has 0 aliphatic rings. The van der Waals surface area contributed by atoms with Crippen molar-refractivity contribution in [3.63, 3.8) is 0 Å². The summed E-state index contributed by atoms with van der Waals surface area (Å²) in [7, 11) is 0. The number of phenolic OH excluding ortho intramolecular Hbond substituents is 1. The lowest BCUT2D eigenvalue weighted by atomic mass is 10.3. The first-order valence-corrected chi connectivity index (χ1v) is 4.63. The van der Waals surface area contributed by atoms with Gasteiger partial charge < -0.3 is 5.11 Å². The van der Waals surface area contributed by atoms with Crippen LogP contribution in [-0.4, -0.2) is 14.9 Å². The minimum Gasteiger partial charge on any atom is -0.508 e. The van der Waals surface area contributed by atoms with Crippen LogP contribution in [0.3, 0.4) is 0 Å². The van der Waals surface area contributed by atoms with Crippen molar-refractivity contribution < 1.29 is 5.11 Å². The predicted molar refractivity (Wildman–Crippen MR) is 54.6 cm³/mol. The Morgan fingerprint density at radius 2 is 2.21 bits per heavy atom. The standard InChI is InChI=1S/C11H12N2O/c1-2-9-6-7-12-13(9)10-4-3-5-11(14)8-10/h3-8,14H,2H2,1H3. The molecule has 1 heterocycles. The summed E-state index contributed by atoms with van der Waals surface area (Å²) in [6.07, 6.45) is 2.69. The van der Waals surface area contributed by atoms with Crippen molar-refractivity contribution in [2.75, 3.05) is 0 Å². The molecule has 14 heavy (non-hydrogen) atoms. The van der Waals surface area contributed by atoms with Gasteiger partial charge in [-0.2, -0.15) is 5.10 Å². The van der Waals surface area contributed by atoms with Crippen LogP contribution in [-0.2, 0) is 6.42 Å². The highest BCUT2D eigenvalue weighted by molar-refractivity contribution is 5.38. The van der Waals surface area contributed by atoms with Gasteiger partial charge in [-0.25, -0.2) is 4.68 Å². The summed E-state index contributed by atoms with van der Waals surface area (Å²) in [4.78, 5) is 0. The molecule has 0 spiro atoms. The van der Waals surface area contributed by atoms with Crippen molar-refractivity contribution in [1.82, 2.24) is 9.78 Å². The average molecular weight is 188 g/mol. The highest BCUT2D eigenvalue weighted by Crippen LogP contribution is 2.16. The minimum absolute atomic E-state index is 0.264. The van der Waals surface area contributed by atoms with Gasteiger partial charge in [0.25, 0.3) is 0 Å². The van der Waals surface area contributed by atoms with Crippen molar-refractivity contribution in [2.24, 2.45) is 0 Å². The molecule has 0 atom stereocenters. The Labute approximate surface area is 82.6 Å². The Hall–Kier alpha value is -1.77. The fraction of sp³-hybridized carbons (Fsp3) is 0.182. The molecular formula is C11H12N2O. The van der Waals surface area contributed by atoms with Crippen molar-refractivity contribution in [2.45, 2.75) is 13.3 Å². The molecule has 0 saturated heterocycles. The number of aryl methyl sites for hydroxylation is 1. The minimum atomic E-state index is 0.264. The third-order valence-corrected chi connectivity index (χ3v) is 2.16. The van der Waals surface area contributed by atoms with Crippen LogP contribution in [0.2, 0.25) is 0 Å². The second-order valence-corrected chi connectivity index (χ2v) is 3.11. The predicted octanol–water partition coefficient (Wildman–Crippen LogP) is 2.14. The molecule has 0 fully saturated rings. The van der Waals surface area contributed by atoms with E-state index >= 15 is 0 Å². The van der Waals surface area contributed by atoms with E-state index in [4.69, 9.17) is 0 Å². The van der Waals surface area contributed by atoms with Gasteiger partial charge >= 0.3 is 0 Å². The summed E-state index contributed by atoms with van der Waals surface area (Å²) < 4.78 is 1.83. The number of rotatable bonds is 2. The molecule has 0 bridgehead atoms. The molecule has 1 N–H and O–H groups in total. The molecule has 72 valence electrons. The lowest BCUT2D eigenvalue weighted by Crippen LogP contribution is -2.00. The van der Waals surface area contributed by atoms with Crippen LogP contribution in [0.1, 0.15) is 12.6 Å². The average Bonchev–Trinajstić information content (AvgIpc) is 2.65. The van der Waals surface area contributed by atoms with Gasteiger partial charge in [0.2, 0.25) is 0 Å². The molecule has 3 heteroatoms. The van der Waals surface area contributed by atoms with E-state index in [1.54, 1.807) is 18.3 Å². The number of nitrogens with zero attached hydrogens (tertiary/aromatic N) is 2. The van der Waals surface area contributed by atoms with Gasteiger partial charge in [-0.05, 0) is 24.6 Å². The van der Waals surface area contributed by atoms with Crippen LogP contribution in [0.5, 0.6) is 5.75 Å². The van der Waals surface area contributed by atoms with E-state index in [9.17, 15) is 5.11 Å². The van der Waals surface area contributed by atoms with E-state index < -0.39 is 0 Å². The summed E-state index contributed by atoms with van der Waals surface area (Å²) in [5, 5.41) is 13.5. The molecule has 0 aliphatic heterocycles. The molecule has 0 saturated carbocycles. The van der Waals surface area contributed by atoms with Gasteiger partial charge in [-0.1, -0.05) is 13.0 Å². The number of hydrogen-bond acceptors (Lipinski definition) is 2. The highest BCUT2D eigenvalue weighted by Gasteiger charge is 2.02. The highest BCUT2D eigenvalue weighted by atomic mass is 16.3. The van der Waals surface area contributed by atoms with E-state index in [2.05, 4.69) is 12.0 Å². The molecular weight excluding hydrogens is 176 g/mol. The SMILES string of the molecule is CCc1ccnn1-c1cccc(O)c1. The Bertz CT molecular complexity index is 434. The molecule has 0 radical (unpaired) electrons. The van der Waals surface area contributed by atoms with E-state index in [0.717, 1.165) is 17.8 Å². The number of aromatic nitrogens is 2. The second kappa shape index (κ2) is 3.54. The Kier molecular flexibility index (Phi) is 2.23. The van der Waals surface area contributed by atoms with Gasteiger partial charge in [0.15, 0.2) is 0 Å². The molecule has 1 aromatic carbocycles. The Morgan fingerprint density at radius 3 is 2.93 bits per heavy atom. The molecule has 2 aromatic rings. The summed E-state index contributed by atoms with van der Waals surface area (Å²) in [5.41, 5.74) is 2.03. The number of benzene rings is 1. The number of aromatic hydroxyl groups is 1. The van der Waals surface area contributed by atoms with Crippen molar-refractivity contribution in [3.05, 3.63) is 42.2 Å². The van der Waals surface area contributed by atoms with E-state index in [0.29, 0.717) is 0 Å². The van der Waals surface area contributed by atoms with Crippen LogP contribution in [0, 0.1) is 0 Å². The van der Waals surface area contributed by atoms with Gasteiger partial charge in [0, 0.05) is 18.0 Å². The third kappa shape index (κ3) is 1.48. The topological polar surface area (TPSA) is 38.0 Å². The monoisotopic (exact) mass is 188 g/mol. The van der Waals surface area contributed by atoms with Crippen LogP contribution >= 0.6 is 0 Å². The zero-order chi connectivity index (χ0) is 9.97.